The van der Waals surface area contributed by atoms with Crippen molar-refractivity contribution in [1.29, 1.82) is 0 Å². The number of benzene rings is 3. The molecule has 1 heterocycles. The number of rotatable bonds is 8. The Labute approximate surface area is 208 Å². The molecule has 1 amide bonds. The number of halogens is 1. The molecule has 1 N–H and O–H groups in total. The maximum absolute atomic E-state index is 13.4. The van der Waals surface area contributed by atoms with Crippen LogP contribution in [0.3, 0.4) is 0 Å². The normalized spacial score (nSPS) is 11.2. The molecule has 0 saturated heterocycles. The molecular formula is C27H26ClN3O2S. The molecule has 174 valence electrons. The van der Waals surface area contributed by atoms with Crippen LogP contribution in [0.4, 0.5) is 0 Å². The number of carbonyl (C=O) groups is 1. The largest absolute Gasteiger partial charge is 0.355 e. The van der Waals surface area contributed by atoms with Crippen molar-refractivity contribution in [2.45, 2.75) is 31.3 Å². The first-order valence-electron chi connectivity index (χ1n) is 11.2. The quantitative estimate of drug-likeness (QED) is 0.257. The zero-order chi connectivity index (χ0) is 24.1. The fourth-order valence-electron chi connectivity index (χ4n) is 3.62. The number of thioether (sulfide) groups is 1. The summed E-state index contributed by atoms with van der Waals surface area (Å²) in [4.78, 5) is 30.6. The summed E-state index contributed by atoms with van der Waals surface area (Å²) in [6.45, 7) is 4.78. The zero-order valence-electron chi connectivity index (χ0n) is 19.1. The van der Waals surface area contributed by atoms with Crippen molar-refractivity contribution in [2.75, 3.05) is 12.3 Å². The van der Waals surface area contributed by atoms with Crippen LogP contribution in [0.1, 0.15) is 30.9 Å². The number of aromatic nitrogens is 2. The van der Waals surface area contributed by atoms with Crippen LogP contribution in [0.2, 0.25) is 5.02 Å². The smallest absolute Gasteiger partial charge is 0.266 e. The summed E-state index contributed by atoms with van der Waals surface area (Å²) in [7, 11) is 0. The highest BCUT2D eigenvalue weighted by Gasteiger charge is 2.15. The Balaban J connectivity index is 1.52. The standard InChI is InChI=1S/C27H26ClN3O2S/c1-18(2)20-9-13-22(14-10-20)31-26(33)23-5-3-4-6-24(23)30-27(31)34-17-25(32)29-16-15-19-7-11-21(28)12-8-19/h3-14,18H,15-17H2,1-2H3,(H,29,32). The van der Waals surface area contributed by atoms with Crippen molar-refractivity contribution >= 4 is 40.2 Å². The third-order valence-corrected chi connectivity index (χ3v) is 6.73. The first-order chi connectivity index (χ1) is 16.4. The first kappa shape index (κ1) is 24.0. The third-order valence-electron chi connectivity index (χ3n) is 5.54. The molecule has 1 aromatic heterocycles. The molecule has 0 aliphatic rings. The minimum absolute atomic E-state index is 0.108. The number of nitrogens with one attached hydrogen (secondary N) is 1. The van der Waals surface area contributed by atoms with E-state index in [2.05, 4.69) is 19.2 Å². The molecule has 4 rings (SSSR count). The fraction of sp³-hybridized carbons (Fsp3) is 0.222. The molecule has 4 aromatic rings. The van der Waals surface area contributed by atoms with Gasteiger partial charge in [0, 0.05) is 11.6 Å². The van der Waals surface area contributed by atoms with Crippen molar-refractivity contribution in [2.24, 2.45) is 0 Å². The minimum atomic E-state index is -0.145. The topological polar surface area (TPSA) is 64.0 Å². The predicted molar refractivity (Wildman–Crippen MR) is 140 cm³/mol. The second-order valence-corrected chi connectivity index (χ2v) is 9.69. The van der Waals surface area contributed by atoms with Gasteiger partial charge in [0.25, 0.3) is 5.56 Å². The van der Waals surface area contributed by atoms with E-state index in [1.165, 1.54) is 17.3 Å². The van der Waals surface area contributed by atoms with Crippen molar-refractivity contribution in [3.63, 3.8) is 0 Å². The molecule has 0 unspecified atom stereocenters. The van der Waals surface area contributed by atoms with Crippen LogP contribution in [0.15, 0.2) is 82.7 Å². The summed E-state index contributed by atoms with van der Waals surface area (Å²) in [5.41, 5.74) is 3.51. The van der Waals surface area contributed by atoms with E-state index in [1.54, 1.807) is 10.6 Å². The molecule has 0 spiro atoms. The monoisotopic (exact) mass is 491 g/mol. The molecule has 0 aliphatic carbocycles. The number of nitrogens with zero attached hydrogens (tertiary/aromatic N) is 2. The lowest BCUT2D eigenvalue weighted by atomic mass is 10.0. The molecule has 34 heavy (non-hydrogen) atoms. The van der Waals surface area contributed by atoms with E-state index < -0.39 is 0 Å². The number of fused-ring (bicyclic) bond motifs is 1. The molecule has 0 saturated carbocycles. The van der Waals surface area contributed by atoms with Gasteiger partial charge in [0.05, 0.1) is 22.3 Å². The number of amides is 1. The SMILES string of the molecule is CC(C)c1ccc(-n2c(SCC(=O)NCCc3ccc(Cl)cc3)nc3ccccc3c2=O)cc1. The van der Waals surface area contributed by atoms with Gasteiger partial charge < -0.3 is 5.32 Å². The van der Waals surface area contributed by atoms with Gasteiger partial charge in [-0.2, -0.15) is 0 Å². The van der Waals surface area contributed by atoms with Gasteiger partial charge in [-0.05, 0) is 59.9 Å². The van der Waals surface area contributed by atoms with Crippen LogP contribution in [0, 0.1) is 0 Å². The van der Waals surface area contributed by atoms with Gasteiger partial charge in [0.15, 0.2) is 5.16 Å². The lowest BCUT2D eigenvalue weighted by Gasteiger charge is -2.14. The van der Waals surface area contributed by atoms with Crippen molar-refractivity contribution in [3.05, 3.63) is 99.3 Å². The van der Waals surface area contributed by atoms with Gasteiger partial charge in [-0.15, -0.1) is 0 Å². The molecule has 0 atom stereocenters. The maximum atomic E-state index is 13.4. The van der Waals surface area contributed by atoms with Crippen LogP contribution < -0.4 is 10.9 Å². The average Bonchev–Trinajstić information content (AvgIpc) is 2.84. The summed E-state index contributed by atoms with van der Waals surface area (Å²) in [6.07, 6.45) is 0.717. The van der Waals surface area contributed by atoms with Gasteiger partial charge in [-0.1, -0.05) is 73.6 Å². The molecule has 0 bridgehead atoms. The second-order valence-electron chi connectivity index (χ2n) is 8.31. The summed E-state index contributed by atoms with van der Waals surface area (Å²) in [5, 5.41) is 4.67. The predicted octanol–water partition coefficient (Wildman–Crippen LogP) is 5.61. The number of hydrogen-bond donors (Lipinski definition) is 1. The lowest BCUT2D eigenvalue weighted by Crippen LogP contribution is -2.28. The van der Waals surface area contributed by atoms with Crippen molar-refractivity contribution in [1.82, 2.24) is 14.9 Å². The van der Waals surface area contributed by atoms with Crippen molar-refractivity contribution in [3.8, 4) is 5.69 Å². The highest BCUT2D eigenvalue weighted by molar-refractivity contribution is 7.99. The molecule has 0 fully saturated rings. The molecular weight excluding hydrogens is 466 g/mol. The van der Waals surface area contributed by atoms with Crippen LogP contribution in [-0.4, -0.2) is 27.8 Å². The molecule has 5 nitrogen and oxygen atoms in total. The van der Waals surface area contributed by atoms with E-state index in [0.29, 0.717) is 40.0 Å². The molecule has 7 heteroatoms. The van der Waals surface area contributed by atoms with Crippen molar-refractivity contribution < 1.29 is 4.79 Å². The van der Waals surface area contributed by atoms with Gasteiger partial charge >= 0.3 is 0 Å². The third kappa shape index (κ3) is 5.69. The number of para-hydroxylation sites is 1. The highest BCUT2D eigenvalue weighted by Crippen LogP contribution is 2.23. The Hall–Kier alpha value is -3.09. The van der Waals surface area contributed by atoms with Gasteiger partial charge in [-0.25, -0.2) is 4.98 Å². The van der Waals surface area contributed by atoms with Crippen LogP contribution in [-0.2, 0) is 11.2 Å². The summed E-state index contributed by atoms with van der Waals surface area (Å²) >= 11 is 7.18. The molecule has 0 radical (unpaired) electrons. The first-order valence-corrected chi connectivity index (χ1v) is 12.5. The van der Waals surface area contributed by atoms with E-state index in [1.807, 2.05) is 66.7 Å². The Morgan fingerprint density at radius 1 is 1.03 bits per heavy atom. The van der Waals surface area contributed by atoms with Gasteiger partial charge in [0.1, 0.15) is 0 Å². The zero-order valence-corrected chi connectivity index (χ0v) is 20.7. The Kier molecular flexibility index (Phi) is 7.70. The van der Waals surface area contributed by atoms with Crippen LogP contribution >= 0.6 is 23.4 Å². The van der Waals surface area contributed by atoms with Gasteiger partial charge in [-0.3, -0.25) is 14.2 Å². The lowest BCUT2D eigenvalue weighted by molar-refractivity contribution is -0.118. The fourth-order valence-corrected chi connectivity index (χ4v) is 4.59. The Bertz CT molecular complexity index is 1350. The van der Waals surface area contributed by atoms with Gasteiger partial charge in [0.2, 0.25) is 5.91 Å². The number of carbonyl (C=O) groups excluding carboxylic acids is 1. The van der Waals surface area contributed by atoms with E-state index >= 15 is 0 Å². The van der Waals surface area contributed by atoms with Crippen LogP contribution in [0.25, 0.3) is 16.6 Å². The number of hydrogen-bond acceptors (Lipinski definition) is 4. The Morgan fingerprint density at radius 2 is 1.74 bits per heavy atom. The highest BCUT2D eigenvalue weighted by atomic mass is 35.5. The minimum Gasteiger partial charge on any atom is -0.355 e. The van der Waals surface area contributed by atoms with E-state index in [4.69, 9.17) is 16.6 Å². The van der Waals surface area contributed by atoms with E-state index in [0.717, 1.165) is 11.3 Å². The van der Waals surface area contributed by atoms with E-state index in [9.17, 15) is 9.59 Å². The summed E-state index contributed by atoms with van der Waals surface area (Å²) in [5.74, 6) is 0.448. The molecule has 3 aromatic carbocycles. The van der Waals surface area contributed by atoms with Crippen LogP contribution in [0.5, 0.6) is 0 Å². The summed E-state index contributed by atoms with van der Waals surface area (Å²) < 4.78 is 1.60. The summed E-state index contributed by atoms with van der Waals surface area (Å²) in [6, 6.07) is 22.8. The average molecular weight is 492 g/mol. The van der Waals surface area contributed by atoms with E-state index in [-0.39, 0.29) is 17.2 Å². The maximum Gasteiger partial charge on any atom is 0.266 e. The molecule has 0 aliphatic heterocycles. The Morgan fingerprint density at radius 3 is 2.44 bits per heavy atom. The second kappa shape index (κ2) is 10.9.